The zero-order chi connectivity index (χ0) is 7.28. The van der Waals surface area contributed by atoms with Crippen molar-refractivity contribution >= 4 is 12.7 Å². The van der Waals surface area contributed by atoms with Gasteiger partial charge in [0.25, 0.3) is 0 Å². The van der Waals surface area contributed by atoms with E-state index in [2.05, 4.69) is 18.3 Å². The Morgan fingerprint density at radius 2 is 2.22 bits per heavy atom. The molecule has 9 heavy (non-hydrogen) atoms. The summed E-state index contributed by atoms with van der Waals surface area (Å²) in [6.45, 7) is 6.36. The largest absolute Gasteiger partial charge is 0.478 e. The Morgan fingerprint density at radius 1 is 1.67 bits per heavy atom. The van der Waals surface area contributed by atoms with Crippen LogP contribution in [-0.4, -0.2) is 17.8 Å². The molecule has 0 atom stereocenters. The average molecular weight is 125 g/mol. The van der Waals surface area contributed by atoms with Crippen LogP contribution in [0.15, 0.2) is 29.4 Å². The molecule has 0 amide bonds. The maximum absolute atomic E-state index is 10.1. The minimum absolute atomic E-state index is 0.0463. The van der Waals surface area contributed by atoms with E-state index >= 15 is 0 Å². The van der Waals surface area contributed by atoms with Gasteiger partial charge in [-0.25, -0.2) is 4.79 Å². The van der Waals surface area contributed by atoms with E-state index in [4.69, 9.17) is 5.11 Å². The summed E-state index contributed by atoms with van der Waals surface area (Å²) in [5, 5.41) is 8.28. The van der Waals surface area contributed by atoms with Gasteiger partial charge in [0.1, 0.15) is 0 Å². The third-order valence-corrected chi connectivity index (χ3v) is 0.697. The van der Waals surface area contributed by atoms with E-state index in [0.717, 1.165) is 6.20 Å². The van der Waals surface area contributed by atoms with E-state index in [1.807, 2.05) is 0 Å². The fourth-order valence-electron chi connectivity index (χ4n) is 0.294. The van der Waals surface area contributed by atoms with Crippen LogP contribution < -0.4 is 0 Å². The van der Waals surface area contributed by atoms with Gasteiger partial charge in [-0.15, -0.1) is 0 Å². The van der Waals surface area contributed by atoms with Gasteiger partial charge in [0.05, 0.1) is 5.57 Å². The van der Waals surface area contributed by atoms with Gasteiger partial charge in [-0.1, -0.05) is 12.7 Å². The fourth-order valence-corrected chi connectivity index (χ4v) is 0.294. The first-order valence-electron chi connectivity index (χ1n) is 2.24. The molecule has 0 spiro atoms. The lowest BCUT2D eigenvalue weighted by molar-refractivity contribution is -0.132. The van der Waals surface area contributed by atoms with Crippen molar-refractivity contribution in [3.63, 3.8) is 0 Å². The number of hydrogen-bond donors (Lipinski definition) is 1. The molecule has 0 aromatic rings. The van der Waals surface area contributed by atoms with Gasteiger partial charge in [0, 0.05) is 6.20 Å². The van der Waals surface area contributed by atoms with Crippen LogP contribution in [0.25, 0.3) is 0 Å². The first kappa shape index (κ1) is 7.62. The van der Waals surface area contributed by atoms with Gasteiger partial charge < -0.3 is 5.11 Å². The minimum atomic E-state index is -1.04. The minimum Gasteiger partial charge on any atom is -0.478 e. The molecule has 0 saturated carbocycles. The van der Waals surface area contributed by atoms with Crippen LogP contribution in [0.1, 0.15) is 0 Å². The highest BCUT2D eigenvalue weighted by Gasteiger charge is 1.98. The third-order valence-electron chi connectivity index (χ3n) is 0.697. The van der Waals surface area contributed by atoms with Crippen molar-refractivity contribution in [1.29, 1.82) is 0 Å². The Morgan fingerprint density at radius 3 is 2.33 bits per heavy atom. The number of aliphatic imine (C=N–C) groups is 1. The summed E-state index contributed by atoms with van der Waals surface area (Å²) in [6, 6.07) is 0. The van der Waals surface area contributed by atoms with Crippen LogP contribution in [0.5, 0.6) is 0 Å². The lowest BCUT2D eigenvalue weighted by Gasteiger charge is -1.86. The highest BCUT2D eigenvalue weighted by atomic mass is 16.4. The number of rotatable bonds is 3. The molecule has 3 heteroatoms. The lowest BCUT2D eigenvalue weighted by atomic mass is 10.3. The summed E-state index contributed by atoms with van der Waals surface area (Å²) < 4.78 is 0. The van der Waals surface area contributed by atoms with Gasteiger partial charge in [-0.05, 0) is 6.72 Å². The molecule has 0 aliphatic carbocycles. The smallest absolute Gasteiger partial charge is 0.337 e. The molecular weight excluding hydrogens is 118 g/mol. The van der Waals surface area contributed by atoms with Gasteiger partial charge in [0.2, 0.25) is 0 Å². The normalized spacial score (nSPS) is 10.4. The molecular formula is C6H7NO2. The molecule has 0 aliphatic rings. The average Bonchev–Trinajstić information content (AvgIpc) is 1.82. The Balaban J connectivity index is 4.32. The predicted octanol–water partition coefficient (Wildman–Crippen LogP) is 0.841. The molecule has 3 nitrogen and oxygen atoms in total. The molecule has 0 rings (SSSR count). The summed E-state index contributed by atoms with van der Waals surface area (Å²) in [7, 11) is 0. The Hall–Kier alpha value is -1.38. The van der Waals surface area contributed by atoms with Gasteiger partial charge in [0.15, 0.2) is 0 Å². The first-order chi connectivity index (χ1) is 4.22. The zero-order valence-corrected chi connectivity index (χ0v) is 4.87. The highest BCUT2D eigenvalue weighted by Crippen LogP contribution is 1.93. The number of hydrogen-bond acceptors (Lipinski definition) is 2. The summed E-state index contributed by atoms with van der Waals surface area (Å²) in [5.74, 6) is -1.04. The fraction of sp³-hybridized carbons (Fsp3) is 0. The van der Waals surface area contributed by atoms with Crippen molar-refractivity contribution in [3.05, 3.63) is 24.4 Å². The van der Waals surface area contributed by atoms with E-state index in [1.54, 1.807) is 0 Å². The molecule has 0 heterocycles. The van der Waals surface area contributed by atoms with Crippen molar-refractivity contribution in [3.8, 4) is 0 Å². The SMILES string of the molecule is C=C/C(=C\N=C)C(=O)O. The summed E-state index contributed by atoms with van der Waals surface area (Å²) in [5.41, 5.74) is 0.0463. The first-order valence-corrected chi connectivity index (χ1v) is 2.24. The molecule has 0 bridgehead atoms. The van der Waals surface area contributed by atoms with Crippen molar-refractivity contribution in [1.82, 2.24) is 0 Å². The standard InChI is InChI=1S/C6H7NO2/c1-3-5(4-7-2)6(8)9/h3-4H,1-2H2,(H,8,9)/b5-4+. The van der Waals surface area contributed by atoms with Crippen molar-refractivity contribution in [2.24, 2.45) is 4.99 Å². The summed E-state index contributed by atoms with van der Waals surface area (Å²) in [4.78, 5) is 13.4. The zero-order valence-electron chi connectivity index (χ0n) is 4.87. The van der Waals surface area contributed by atoms with Crippen LogP contribution in [-0.2, 0) is 4.79 Å². The third kappa shape index (κ3) is 2.43. The van der Waals surface area contributed by atoms with Crippen LogP contribution in [0, 0.1) is 0 Å². The van der Waals surface area contributed by atoms with Crippen molar-refractivity contribution < 1.29 is 9.90 Å². The van der Waals surface area contributed by atoms with Crippen LogP contribution in [0.2, 0.25) is 0 Å². The second-order valence-electron chi connectivity index (χ2n) is 1.28. The molecule has 0 unspecified atom stereocenters. The van der Waals surface area contributed by atoms with Crippen molar-refractivity contribution in [2.75, 3.05) is 0 Å². The Bertz CT molecular complexity index is 170. The number of nitrogens with zero attached hydrogens (tertiary/aromatic N) is 1. The summed E-state index contributed by atoms with van der Waals surface area (Å²) in [6.07, 6.45) is 2.34. The van der Waals surface area contributed by atoms with Gasteiger partial charge in [-0.2, -0.15) is 0 Å². The number of carboxylic acid groups (broad SMARTS) is 1. The second kappa shape index (κ2) is 3.60. The monoisotopic (exact) mass is 125 g/mol. The maximum atomic E-state index is 10.1. The second-order valence-corrected chi connectivity index (χ2v) is 1.28. The molecule has 0 aliphatic heterocycles. The van der Waals surface area contributed by atoms with E-state index in [1.165, 1.54) is 6.08 Å². The summed E-state index contributed by atoms with van der Waals surface area (Å²) >= 11 is 0. The highest BCUT2D eigenvalue weighted by molar-refractivity contribution is 5.89. The Labute approximate surface area is 53.0 Å². The predicted molar refractivity (Wildman–Crippen MR) is 35.5 cm³/mol. The van der Waals surface area contributed by atoms with Crippen LogP contribution >= 0.6 is 0 Å². The molecule has 0 saturated heterocycles. The molecule has 1 N–H and O–H groups in total. The van der Waals surface area contributed by atoms with Crippen LogP contribution in [0.3, 0.4) is 0 Å². The lowest BCUT2D eigenvalue weighted by Crippen LogP contribution is -1.95. The maximum Gasteiger partial charge on any atom is 0.337 e. The van der Waals surface area contributed by atoms with Crippen molar-refractivity contribution in [2.45, 2.75) is 0 Å². The van der Waals surface area contributed by atoms with E-state index in [0.29, 0.717) is 0 Å². The topological polar surface area (TPSA) is 49.7 Å². The molecule has 0 fully saturated rings. The van der Waals surface area contributed by atoms with E-state index in [9.17, 15) is 4.79 Å². The van der Waals surface area contributed by atoms with Crippen LogP contribution in [0.4, 0.5) is 0 Å². The van der Waals surface area contributed by atoms with E-state index in [-0.39, 0.29) is 5.57 Å². The van der Waals surface area contributed by atoms with Gasteiger partial charge >= 0.3 is 5.97 Å². The van der Waals surface area contributed by atoms with Gasteiger partial charge in [-0.3, -0.25) is 4.99 Å². The molecule has 0 radical (unpaired) electrons. The Kier molecular flexibility index (Phi) is 3.05. The molecule has 48 valence electrons. The number of carboxylic acids is 1. The quantitative estimate of drug-likeness (QED) is 0.345. The molecule has 0 aromatic heterocycles. The molecule has 0 aromatic carbocycles. The van der Waals surface area contributed by atoms with E-state index < -0.39 is 5.97 Å². The number of carbonyl (C=O) groups is 1. The number of aliphatic carboxylic acids is 1.